The first-order valence-electron chi connectivity index (χ1n) is 5.87. The van der Waals surface area contributed by atoms with Crippen molar-refractivity contribution in [1.82, 2.24) is 15.5 Å². The molecule has 0 bridgehead atoms. The highest BCUT2D eigenvalue weighted by Gasteiger charge is 2.24. The first kappa shape index (κ1) is 13.6. The van der Waals surface area contributed by atoms with E-state index in [4.69, 9.17) is 0 Å². The number of hydrogen-bond acceptors (Lipinski definition) is 4. The minimum Gasteiger partial charge on any atom is -0.304 e. The Bertz CT molecular complexity index is 307. The number of carbonyl (C=O) groups is 2. The molecule has 0 aliphatic carbocycles. The number of unbranched alkanes of at least 4 members (excludes halogenated alkanes) is 1. The van der Waals surface area contributed by atoms with Gasteiger partial charge in [0.15, 0.2) is 0 Å². The third-order valence-corrected chi connectivity index (χ3v) is 2.74. The van der Waals surface area contributed by atoms with Gasteiger partial charge >= 0.3 is 11.8 Å². The highest BCUT2D eigenvalue weighted by molar-refractivity contribution is 6.45. The second-order valence-corrected chi connectivity index (χ2v) is 4.42. The molecule has 1 rings (SSSR count). The molecule has 2 amide bonds. The van der Waals surface area contributed by atoms with Crippen molar-refractivity contribution in [3.05, 3.63) is 0 Å². The molecule has 6 nitrogen and oxygen atoms in total. The maximum absolute atomic E-state index is 10.8. The van der Waals surface area contributed by atoms with Gasteiger partial charge in [0.2, 0.25) is 5.96 Å². The molecule has 1 aliphatic heterocycles. The van der Waals surface area contributed by atoms with E-state index in [1.165, 1.54) is 0 Å². The van der Waals surface area contributed by atoms with Crippen molar-refractivity contribution in [3.63, 3.8) is 0 Å². The minimum absolute atomic E-state index is 0.275. The van der Waals surface area contributed by atoms with E-state index in [1.807, 2.05) is 0 Å². The molecule has 1 saturated heterocycles. The average molecular weight is 240 g/mol. The van der Waals surface area contributed by atoms with Crippen molar-refractivity contribution in [2.75, 3.05) is 20.1 Å². The molecule has 0 unspecified atom stereocenters. The molecular weight excluding hydrogens is 220 g/mol. The Morgan fingerprint density at radius 2 is 1.76 bits per heavy atom. The van der Waals surface area contributed by atoms with Gasteiger partial charge in [-0.3, -0.25) is 25.2 Å². The lowest BCUT2D eigenvalue weighted by Crippen LogP contribution is -2.27. The van der Waals surface area contributed by atoms with Crippen LogP contribution in [0.3, 0.4) is 0 Å². The van der Waals surface area contributed by atoms with E-state index in [2.05, 4.69) is 41.4 Å². The monoisotopic (exact) mass is 240 g/mol. The van der Waals surface area contributed by atoms with Crippen LogP contribution in [-0.2, 0) is 9.59 Å². The van der Waals surface area contributed by atoms with Crippen LogP contribution in [0.15, 0.2) is 4.99 Å². The van der Waals surface area contributed by atoms with E-state index in [0.29, 0.717) is 12.6 Å². The van der Waals surface area contributed by atoms with Crippen LogP contribution >= 0.6 is 0 Å². The molecule has 1 heterocycles. The molecule has 0 aromatic carbocycles. The Morgan fingerprint density at radius 3 is 2.29 bits per heavy atom. The molecule has 0 spiro atoms. The second kappa shape index (κ2) is 6.34. The third-order valence-electron chi connectivity index (χ3n) is 2.74. The highest BCUT2D eigenvalue weighted by atomic mass is 16.2. The number of guanidine groups is 1. The summed E-state index contributed by atoms with van der Waals surface area (Å²) >= 11 is 0. The zero-order valence-electron chi connectivity index (χ0n) is 10.6. The standard InChI is InChI=1S/C11H20N4O2/c1-8(2)15(3)7-5-4-6-12-11-13-9(16)10(17)14-11/h8H,4-7H2,1-3H3,(H2,12,13,14,16,17). The predicted molar refractivity (Wildman–Crippen MR) is 65.6 cm³/mol. The van der Waals surface area contributed by atoms with E-state index in [-0.39, 0.29) is 5.96 Å². The number of nitrogens with zero attached hydrogens (tertiary/aromatic N) is 2. The second-order valence-electron chi connectivity index (χ2n) is 4.42. The molecule has 6 heteroatoms. The number of nitrogens with one attached hydrogen (secondary N) is 2. The summed E-state index contributed by atoms with van der Waals surface area (Å²) in [4.78, 5) is 28.0. The van der Waals surface area contributed by atoms with Gasteiger partial charge in [-0.15, -0.1) is 0 Å². The molecule has 0 saturated carbocycles. The van der Waals surface area contributed by atoms with Crippen LogP contribution in [0.2, 0.25) is 0 Å². The van der Waals surface area contributed by atoms with E-state index in [1.54, 1.807) is 0 Å². The summed E-state index contributed by atoms with van der Waals surface area (Å²) in [5.41, 5.74) is 0. The molecule has 0 radical (unpaired) electrons. The quantitative estimate of drug-likeness (QED) is 0.495. The van der Waals surface area contributed by atoms with Gasteiger partial charge in [0.1, 0.15) is 0 Å². The molecule has 0 atom stereocenters. The van der Waals surface area contributed by atoms with Gasteiger partial charge in [0.05, 0.1) is 0 Å². The largest absolute Gasteiger partial charge is 0.316 e. The van der Waals surface area contributed by atoms with Crippen molar-refractivity contribution in [2.45, 2.75) is 32.7 Å². The fourth-order valence-corrected chi connectivity index (χ4v) is 1.36. The van der Waals surface area contributed by atoms with Crippen molar-refractivity contribution in [3.8, 4) is 0 Å². The molecule has 2 N–H and O–H groups in total. The van der Waals surface area contributed by atoms with Gasteiger partial charge in [-0.05, 0) is 40.3 Å². The fourth-order valence-electron chi connectivity index (χ4n) is 1.36. The molecule has 96 valence electrons. The number of carbonyl (C=O) groups excluding carboxylic acids is 2. The summed E-state index contributed by atoms with van der Waals surface area (Å²) < 4.78 is 0. The summed E-state index contributed by atoms with van der Waals surface area (Å²) in [7, 11) is 2.09. The molecule has 1 aliphatic rings. The summed E-state index contributed by atoms with van der Waals surface area (Å²) in [6, 6.07) is 0.551. The van der Waals surface area contributed by atoms with Gasteiger partial charge in [0, 0.05) is 12.6 Å². The van der Waals surface area contributed by atoms with Crippen LogP contribution in [0.5, 0.6) is 0 Å². The van der Waals surface area contributed by atoms with Crippen molar-refractivity contribution in [1.29, 1.82) is 0 Å². The molecule has 17 heavy (non-hydrogen) atoms. The zero-order valence-corrected chi connectivity index (χ0v) is 10.6. The Hall–Kier alpha value is -1.43. The third kappa shape index (κ3) is 4.52. The van der Waals surface area contributed by atoms with E-state index in [9.17, 15) is 9.59 Å². The Balaban J connectivity index is 2.14. The van der Waals surface area contributed by atoms with Crippen molar-refractivity contribution >= 4 is 17.8 Å². The van der Waals surface area contributed by atoms with Gasteiger partial charge in [-0.25, -0.2) is 0 Å². The Kier molecular flexibility index (Phi) is 5.09. The molecule has 0 aromatic heterocycles. The summed E-state index contributed by atoms with van der Waals surface area (Å²) in [6.07, 6.45) is 1.99. The molecule has 0 aromatic rings. The van der Waals surface area contributed by atoms with Crippen LogP contribution in [0.1, 0.15) is 26.7 Å². The summed E-state index contributed by atoms with van der Waals surface area (Å²) in [5, 5.41) is 4.72. The smallest absolute Gasteiger partial charge is 0.304 e. The minimum atomic E-state index is -0.636. The number of aliphatic imine (C=N–C) groups is 1. The van der Waals surface area contributed by atoms with Gasteiger partial charge in [-0.1, -0.05) is 0 Å². The maximum Gasteiger partial charge on any atom is 0.316 e. The zero-order chi connectivity index (χ0) is 12.8. The predicted octanol–water partition coefficient (Wildman–Crippen LogP) is -0.291. The van der Waals surface area contributed by atoms with Gasteiger partial charge in [0.25, 0.3) is 0 Å². The molecular formula is C11H20N4O2. The SMILES string of the molecule is CC(C)N(C)CCCCN=C1NC(=O)C(=O)N1. The highest BCUT2D eigenvalue weighted by Crippen LogP contribution is 1.98. The average Bonchev–Trinajstić information content (AvgIpc) is 2.57. The van der Waals surface area contributed by atoms with Crippen LogP contribution < -0.4 is 10.6 Å². The van der Waals surface area contributed by atoms with Crippen LogP contribution in [0.25, 0.3) is 0 Å². The molecule has 1 fully saturated rings. The topological polar surface area (TPSA) is 73.8 Å². The summed E-state index contributed by atoms with van der Waals surface area (Å²) in [5.74, 6) is -0.996. The maximum atomic E-state index is 10.8. The van der Waals surface area contributed by atoms with Crippen LogP contribution in [0, 0.1) is 0 Å². The Labute approximate surface area is 101 Å². The fraction of sp³-hybridized carbons (Fsp3) is 0.727. The number of hydrogen-bond donors (Lipinski definition) is 2. The lowest BCUT2D eigenvalue weighted by Gasteiger charge is -2.20. The summed E-state index contributed by atoms with van der Waals surface area (Å²) in [6.45, 7) is 5.96. The van der Waals surface area contributed by atoms with E-state index < -0.39 is 11.8 Å². The first-order chi connectivity index (χ1) is 8.00. The first-order valence-corrected chi connectivity index (χ1v) is 5.87. The number of rotatable bonds is 6. The van der Waals surface area contributed by atoms with Crippen LogP contribution in [-0.4, -0.2) is 48.9 Å². The van der Waals surface area contributed by atoms with Crippen molar-refractivity contribution in [2.24, 2.45) is 4.99 Å². The van der Waals surface area contributed by atoms with E-state index in [0.717, 1.165) is 19.4 Å². The Morgan fingerprint density at radius 1 is 1.18 bits per heavy atom. The lowest BCUT2D eigenvalue weighted by molar-refractivity contribution is -0.135. The van der Waals surface area contributed by atoms with Gasteiger partial charge in [-0.2, -0.15) is 0 Å². The lowest BCUT2D eigenvalue weighted by atomic mass is 10.2. The number of amides is 2. The van der Waals surface area contributed by atoms with Gasteiger partial charge < -0.3 is 4.90 Å². The van der Waals surface area contributed by atoms with Crippen molar-refractivity contribution < 1.29 is 9.59 Å². The normalized spacial score (nSPS) is 15.5. The van der Waals surface area contributed by atoms with E-state index >= 15 is 0 Å². The van der Waals surface area contributed by atoms with Crippen LogP contribution in [0.4, 0.5) is 0 Å².